The number of nitrogens with zero attached hydrogens (tertiary/aromatic N) is 1. The topological polar surface area (TPSA) is 85.6 Å². The van der Waals surface area contributed by atoms with Crippen LogP contribution in [0, 0.1) is 6.92 Å². The molecular formula is C23H27N3O4. The summed E-state index contributed by atoms with van der Waals surface area (Å²) in [7, 11) is 1.62. The number of rotatable bonds is 9. The number of carbonyl (C=O) groups excluding carboxylic acids is 1. The predicted octanol–water partition coefficient (Wildman–Crippen LogP) is 4.81. The van der Waals surface area contributed by atoms with Gasteiger partial charge in [0.25, 0.3) is 0 Å². The van der Waals surface area contributed by atoms with Crippen LogP contribution in [0.3, 0.4) is 0 Å². The number of amides is 2. The van der Waals surface area contributed by atoms with Gasteiger partial charge in [-0.3, -0.25) is 0 Å². The lowest BCUT2D eigenvalue weighted by Gasteiger charge is -2.13. The molecule has 3 aromatic rings. The Bertz CT molecular complexity index is 967. The van der Waals surface area contributed by atoms with Crippen LogP contribution < -0.4 is 20.1 Å². The van der Waals surface area contributed by atoms with Crippen LogP contribution in [0.25, 0.3) is 11.5 Å². The van der Waals surface area contributed by atoms with Crippen molar-refractivity contribution in [1.82, 2.24) is 10.3 Å². The minimum Gasteiger partial charge on any atom is -0.497 e. The first kappa shape index (κ1) is 21.2. The Morgan fingerprint density at radius 2 is 1.97 bits per heavy atom. The third kappa shape index (κ3) is 5.76. The standard InChI is InChI=1S/C23H27N3O4/c1-4-13-29-21-14-16(2)5-10-20(21)26-23(27)24-12-11-18-15-30-22(25-18)17-6-8-19(28-3)9-7-17/h5-10,14-15H,4,11-13H2,1-3H3,(H2,24,26,27). The fraction of sp³-hybridized carbons (Fsp3) is 0.304. The normalized spacial score (nSPS) is 10.5. The van der Waals surface area contributed by atoms with E-state index in [1.54, 1.807) is 13.4 Å². The Morgan fingerprint density at radius 1 is 1.17 bits per heavy atom. The molecule has 0 aliphatic carbocycles. The molecule has 3 rings (SSSR count). The van der Waals surface area contributed by atoms with Crippen LogP contribution in [-0.4, -0.2) is 31.3 Å². The molecule has 30 heavy (non-hydrogen) atoms. The maximum Gasteiger partial charge on any atom is 0.319 e. The first-order valence-electron chi connectivity index (χ1n) is 9.96. The van der Waals surface area contributed by atoms with Crippen molar-refractivity contribution in [3.63, 3.8) is 0 Å². The highest BCUT2D eigenvalue weighted by atomic mass is 16.5. The van der Waals surface area contributed by atoms with Crippen LogP contribution >= 0.6 is 0 Å². The van der Waals surface area contributed by atoms with Gasteiger partial charge in [-0.1, -0.05) is 13.0 Å². The van der Waals surface area contributed by atoms with E-state index in [9.17, 15) is 4.79 Å². The lowest BCUT2D eigenvalue weighted by Crippen LogP contribution is -2.30. The average molecular weight is 409 g/mol. The van der Waals surface area contributed by atoms with Crippen molar-refractivity contribution in [2.75, 3.05) is 25.6 Å². The van der Waals surface area contributed by atoms with Gasteiger partial charge in [-0.05, 0) is 55.3 Å². The molecule has 0 atom stereocenters. The first-order chi connectivity index (χ1) is 14.6. The number of hydrogen-bond donors (Lipinski definition) is 2. The second-order valence-corrected chi connectivity index (χ2v) is 6.85. The number of methoxy groups -OCH3 is 1. The molecule has 0 aliphatic heterocycles. The fourth-order valence-corrected chi connectivity index (χ4v) is 2.82. The monoisotopic (exact) mass is 409 g/mol. The highest BCUT2D eigenvalue weighted by Gasteiger charge is 2.10. The van der Waals surface area contributed by atoms with Crippen LogP contribution in [0.15, 0.2) is 53.1 Å². The average Bonchev–Trinajstić information content (AvgIpc) is 3.23. The van der Waals surface area contributed by atoms with Gasteiger partial charge in [0.1, 0.15) is 17.8 Å². The van der Waals surface area contributed by atoms with E-state index >= 15 is 0 Å². The van der Waals surface area contributed by atoms with Gasteiger partial charge < -0.3 is 24.5 Å². The highest BCUT2D eigenvalue weighted by molar-refractivity contribution is 5.91. The summed E-state index contributed by atoms with van der Waals surface area (Å²) in [6.07, 6.45) is 3.06. The summed E-state index contributed by atoms with van der Waals surface area (Å²) in [5, 5.41) is 5.68. The Labute approximate surface area is 176 Å². The van der Waals surface area contributed by atoms with E-state index in [1.165, 1.54) is 0 Å². The van der Waals surface area contributed by atoms with Gasteiger partial charge in [-0.25, -0.2) is 9.78 Å². The SMILES string of the molecule is CCCOc1cc(C)ccc1NC(=O)NCCc1coc(-c2ccc(OC)cc2)n1. The number of ether oxygens (including phenoxy) is 2. The largest absolute Gasteiger partial charge is 0.497 e. The van der Waals surface area contributed by atoms with Crippen molar-refractivity contribution in [3.05, 3.63) is 60.0 Å². The lowest BCUT2D eigenvalue weighted by molar-refractivity contribution is 0.252. The molecule has 0 saturated heterocycles. The third-order valence-electron chi connectivity index (χ3n) is 4.40. The van der Waals surface area contributed by atoms with Crippen molar-refractivity contribution in [2.45, 2.75) is 26.7 Å². The smallest absolute Gasteiger partial charge is 0.319 e. The number of nitrogens with one attached hydrogen (secondary N) is 2. The molecule has 2 N–H and O–H groups in total. The third-order valence-corrected chi connectivity index (χ3v) is 4.40. The molecule has 0 aliphatic rings. The van der Waals surface area contributed by atoms with Gasteiger partial charge in [-0.15, -0.1) is 0 Å². The number of carbonyl (C=O) groups is 1. The number of aryl methyl sites for hydroxylation is 1. The van der Waals surface area contributed by atoms with Crippen LogP contribution in [0.5, 0.6) is 11.5 Å². The van der Waals surface area contributed by atoms with Crippen molar-refractivity contribution < 1.29 is 18.7 Å². The molecule has 7 nitrogen and oxygen atoms in total. The zero-order valence-corrected chi connectivity index (χ0v) is 17.5. The van der Waals surface area contributed by atoms with Gasteiger partial charge in [0, 0.05) is 18.5 Å². The van der Waals surface area contributed by atoms with Crippen molar-refractivity contribution in [1.29, 1.82) is 0 Å². The molecule has 2 amide bonds. The zero-order valence-electron chi connectivity index (χ0n) is 17.5. The van der Waals surface area contributed by atoms with Crippen molar-refractivity contribution in [3.8, 4) is 23.0 Å². The van der Waals surface area contributed by atoms with Gasteiger partial charge >= 0.3 is 6.03 Å². The van der Waals surface area contributed by atoms with E-state index < -0.39 is 0 Å². The molecule has 0 fully saturated rings. The summed E-state index contributed by atoms with van der Waals surface area (Å²) in [6.45, 7) is 5.06. The molecule has 1 aromatic heterocycles. The van der Waals surface area contributed by atoms with E-state index in [-0.39, 0.29) is 6.03 Å². The molecule has 1 heterocycles. The summed E-state index contributed by atoms with van der Waals surface area (Å²) in [6, 6.07) is 12.9. The Balaban J connectivity index is 1.51. The molecular weight excluding hydrogens is 382 g/mol. The van der Waals surface area contributed by atoms with Gasteiger partial charge in [-0.2, -0.15) is 0 Å². The van der Waals surface area contributed by atoms with Crippen LogP contribution in [-0.2, 0) is 6.42 Å². The van der Waals surface area contributed by atoms with E-state index in [0.29, 0.717) is 36.9 Å². The highest BCUT2D eigenvalue weighted by Crippen LogP contribution is 2.26. The minimum atomic E-state index is -0.293. The fourth-order valence-electron chi connectivity index (χ4n) is 2.82. The van der Waals surface area contributed by atoms with Crippen molar-refractivity contribution >= 4 is 11.7 Å². The molecule has 158 valence electrons. The molecule has 0 radical (unpaired) electrons. The molecule has 0 spiro atoms. The van der Waals surface area contributed by atoms with E-state index in [2.05, 4.69) is 15.6 Å². The zero-order chi connectivity index (χ0) is 21.3. The number of aromatic nitrogens is 1. The maximum absolute atomic E-state index is 12.3. The second kappa shape index (κ2) is 10.3. The van der Waals surface area contributed by atoms with Crippen LogP contribution in [0.4, 0.5) is 10.5 Å². The predicted molar refractivity (Wildman–Crippen MR) is 116 cm³/mol. The Morgan fingerprint density at radius 3 is 2.70 bits per heavy atom. The number of oxazole rings is 1. The Kier molecular flexibility index (Phi) is 7.32. The number of anilines is 1. The summed E-state index contributed by atoms with van der Waals surface area (Å²) in [5.74, 6) is 1.99. The lowest BCUT2D eigenvalue weighted by atomic mass is 10.2. The summed E-state index contributed by atoms with van der Waals surface area (Å²) < 4.78 is 16.4. The minimum absolute atomic E-state index is 0.293. The summed E-state index contributed by atoms with van der Waals surface area (Å²) in [4.78, 5) is 16.7. The van der Waals surface area contributed by atoms with Gasteiger partial charge in [0.05, 0.1) is 25.1 Å². The molecule has 7 heteroatoms. The second-order valence-electron chi connectivity index (χ2n) is 6.85. The number of urea groups is 1. The quantitative estimate of drug-likeness (QED) is 0.530. The molecule has 0 saturated carbocycles. The molecule has 0 bridgehead atoms. The summed E-state index contributed by atoms with van der Waals surface area (Å²) >= 11 is 0. The van der Waals surface area contributed by atoms with Crippen LogP contribution in [0.2, 0.25) is 0 Å². The van der Waals surface area contributed by atoms with Gasteiger partial charge in [0.15, 0.2) is 0 Å². The van der Waals surface area contributed by atoms with E-state index in [0.717, 1.165) is 29.0 Å². The Hall–Kier alpha value is -3.48. The number of hydrogen-bond acceptors (Lipinski definition) is 5. The van der Waals surface area contributed by atoms with Crippen molar-refractivity contribution in [2.24, 2.45) is 0 Å². The van der Waals surface area contributed by atoms with Gasteiger partial charge in [0.2, 0.25) is 5.89 Å². The first-order valence-corrected chi connectivity index (χ1v) is 9.96. The maximum atomic E-state index is 12.3. The van der Waals surface area contributed by atoms with Crippen LogP contribution in [0.1, 0.15) is 24.6 Å². The van der Waals surface area contributed by atoms with E-state index in [4.69, 9.17) is 13.9 Å². The molecule has 0 unspecified atom stereocenters. The number of benzene rings is 2. The summed E-state index contributed by atoms with van der Waals surface area (Å²) in [5.41, 5.74) is 3.36. The van der Waals surface area contributed by atoms with E-state index in [1.807, 2.05) is 56.3 Å². The molecule has 2 aromatic carbocycles.